The lowest BCUT2D eigenvalue weighted by Crippen LogP contribution is -2.27. The minimum absolute atomic E-state index is 0.321. The van der Waals surface area contributed by atoms with Crippen LogP contribution < -0.4 is 5.56 Å². The predicted octanol–water partition coefficient (Wildman–Crippen LogP) is 0.399. The minimum Gasteiger partial charge on any atom is -0.480 e. The molecule has 0 unspecified atom stereocenters. The number of aryl methyl sites for hydroxylation is 1. The molecule has 13 heavy (non-hydrogen) atoms. The van der Waals surface area contributed by atoms with E-state index in [0.29, 0.717) is 10.2 Å². The van der Waals surface area contributed by atoms with Gasteiger partial charge >= 0.3 is 5.97 Å². The van der Waals surface area contributed by atoms with Gasteiger partial charge in [0, 0.05) is 0 Å². The van der Waals surface area contributed by atoms with E-state index in [1.165, 1.54) is 0 Å². The molecule has 0 aliphatic rings. The van der Waals surface area contributed by atoms with Crippen LogP contribution in [0.1, 0.15) is 5.69 Å². The maximum absolute atomic E-state index is 11.2. The first-order valence-corrected chi connectivity index (χ1v) is 4.26. The van der Waals surface area contributed by atoms with Crippen molar-refractivity contribution in [1.82, 2.24) is 9.78 Å². The summed E-state index contributed by atoms with van der Waals surface area (Å²) in [6.07, 6.45) is 0. The molecule has 1 N–H and O–H groups in total. The lowest BCUT2D eigenvalue weighted by molar-refractivity contribution is -0.138. The van der Waals surface area contributed by atoms with Crippen LogP contribution in [0.4, 0.5) is 0 Å². The second-order valence-corrected chi connectivity index (χ2v) is 3.34. The molecular weight excluding hydrogens is 240 g/mol. The summed E-state index contributed by atoms with van der Waals surface area (Å²) < 4.78 is 1.23. The fourth-order valence-corrected chi connectivity index (χ4v) is 1.40. The Kier molecular flexibility index (Phi) is 2.82. The number of hydrogen-bond acceptors (Lipinski definition) is 3. The number of carbonyl (C=O) groups is 1. The molecule has 1 heterocycles. The van der Waals surface area contributed by atoms with E-state index < -0.39 is 18.1 Å². The normalized spacial score (nSPS) is 10.0. The SMILES string of the molecule is Cc1cc(Br)c(=O)n(CC(=O)O)n1. The number of rotatable bonds is 2. The van der Waals surface area contributed by atoms with Gasteiger partial charge in [-0.2, -0.15) is 5.10 Å². The molecule has 1 aromatic heterocycles. The van der Waals surface area contributed by atoms with Gasteiger partial charge in [0.1, 0.15) is 6.54 Å². The molecular formula is C7H7BrN2O3. The highest BCUT2D eigenvalue weighted by Gasteiger charge is 2.06. The van der Waals surface area contributed by atoms with Crippen molar-refractivity contribution in [2.75, 3.05) is 0 Å². The average Bonchev–Trinajstić information content (AvgIpc) is 1.98. The van der Waals surface area contributed by atoms with Crippen LogP contribution in [0.5, 0.6) is 0 Å². The van der Waals surface area contributed by atoms with E-state index in [0.717, 1.165) is 4.68 Å². The molecule has 0 aliphatic heterocycles. The molecule has 0 bridgehead atoms. The third-order valence-corrected chi connectivity index (χ3v) is 1.91. The van der Waals surface area contributed by atoms with Crippen LogP contribution in [0.3, 0.4) is 0 Å². The molecule has 1 rings (SSSR count). The zero-order valence-electron chi connectivity index (χ0n) is 6.82. The fourth-order valence-electron chi connectivity index (χ4n) is 0.868. The molecule has 0 amide bonds. The van der Waals surface area contributed by atoms with Gasteiger partial charge in [0.05, 0.1) is 10.2 Å². The maximum Gasteiger partial charge on any atom is 0.325 e. The van der Waals surface area contributed by atoms with E-state index in [2.05, 4.69) is 21.0 Å². The van der Waals surface area contributed by atoms with Gasteiger partial charge in [0.25, 0.3) is 5.56 Å². The molecule has 0 fully saturated rings. The third-order valence-electron chi connectivity index (χ3n) is 1.34. The first-order chi connectivity index (χ1) is 6.00. The number of aromatic nitrogens is 2. The average molecular weight is 247 g/mol. The second-order valence-electron chi connectivity index (χ2n) is 2.49. The molecule has 0 radical (unpaired) electrons. The highest BCUT2D eigenvalue weighted by atomic mass is 79.9. The lowest BCUT2D eigenvalue weighted by atomic mass is 10.4. The Morgan fingerprint density at radius 1 is 1.77 bits per heavy atom. The van der Waals surface area contributed by atoms with Gasteiger partial charge < -0.3 is 5.11 Å². The van der Waals surface area contributed by atoms with E-state index in [1.54, 1.807) is 13.0 Å². The lowest BCUT2D eigenvalue weighted by Gasteiger charge is -2.02. The van der Waals surface area contributed by atoms with Crippen LogP contribution in [-0.4, -0.2) is 20.9 Å². The van der Waals surface area contributed by atoms with E-state index in [9.17, 15) is 9.59 Å². The molecule has 0 aliphatic carbocycles. The first-order valence-electron chi connectivity index (χ1n) is 3.47. The zero-order chi connectivity index (χ0) is 10.0. The van der Waals surface area contributed by atoms with Gasteiger partial charge in [-0.3, -0.25) is 9.59 Å². The van der Waals surface area contributed by atoms with Crippen molar-refractivity contribution >= 4 is 21.9 Å². The highest BCUT2D eigenvalue weighted by molar-refractivity contribution is 9.10. The Balaban J connectivity index is 3.21. The molecule has 0 saturated heterocycles. The van der Waals surface area contributed by atoms with Crippen LogP contribution in [0.25, 0.3) is 0 Å². The summed E-state index contributed by atoms with van der Waals surface area (Å²) in [5, 5.41) is 12.2. The van der Waals surface area contributed by atoms with Crippen molar-refractivity contribution in [2.45, 2.75) is 13.5 Å². The molecule has 0 saturated carbocycles. The largest absolute Gasteiger partial charge is 0.480 e. The van der Waals surface area contributed by atoms with Crippen molar-refractivity contribution in [3.8, 4) is 0 Å². The van der Waals surface area contributed by atoms with Crippen LogP contribution in [0, 0.1) is 6.92 Å². The van der Waals surface area contributed by atoms with Gasteiger partial charge in [0.2, 0.25) is 0 Å². The number of halogens is 1. The predicted molar refractivity (Wildman–Crippen MR) is 48.6 cm³/mol. The van der Waals surface area contributed by atoms with Gasteiger partial charge in [-0.1, -0.05) is 0 Å². The number of carboxylic acids is 1. The molecule has 70 valence electrons. The van der Waals surface area contributed by atoms with Crippen molar-refractivity contribution in [3.05, 3.63) is 26.6 Å². The summed E-state index contributed by atoms with van der Waals surface area (Å²) in [7, 11) is 0. The summed E-state index contributed by atoms with van der Waals surface area (Å²) in [5.41, 5.74) is 0.153. The summed E-state index contributed by atoms with van der Waals surface area (Å²) in [5.74, 6) is -1.09. The van der Waals surface area contributed by atoms with Crippen molar-refractivity contribution in [3.63, 3.8) is 0 Å². The summed E-state index contributed by atoms with van der Waals surface area (Å²) in [4.78, 5) is 21.6. The van der Waals surface area contributed by atoms with Gasteiger partial charge in [-0.15, -0.1) is 0 Å². The zero-order valence-corrected chi connectivity index (χ0v) is 8.41. The summed E-state index contributed by atoms with van der Waals surface area (Å²) >= 11 is 3.02. The smallest absolute Gasteiger partial charge is 0.325 e. The Morgan fingerprint density at radius 2 is 2.38 bits per heavy atom. The maximum atomic E-state index is 11.2. The Bertz CT molecular complexity index is 399. The number of nitrogens with zero attached hydrogens (tertiary/aromatic N) is 2. The molecule has 0 atom stereocenters. The van der Waals surface area contributed by atoms with Gasteiger partial charge in [0.15, 0.2) is 0 Å². The number of hydrogen-bond donors (Lipinski definition) is 1. The number of aliphatic carboxylic acids is 1. The first kappa shape index (κ1) is 9.91. The van der Waals surface area contributed by atoms with Crippen molar-refractivity contribution in [2.24, 2.45) is 0 Å². The Labute approximate surface area is 82.1 Å². The van der Waals surface area contributed by atoms with Crippen molar-refractivity contribution < 1.29 is 9.90 Å². The molecule has 0 aromatic carbocycles. The summed E-state index contributed by atoms with van der Waals surface area (Å²) in [6.45, 7) is 1.27. The molecule has 1 aromatic rings. The Hall–Kier alpha value is -1.17. The quantitative estimate of drug-likeness (QED) is 0.820. The second kappa shape index (κ2) is 3.69. The topological polar surface area (TPSA) is 72.2 Å². The van der Waals surface area contributed by atoms with Crippen molar-refractivity contribution in [1.29, 1.82) is 0 Å². The highest BCUT2D eigenvalue weighted by Crippen LogP contribution is 2.02. The van der Waals surface area contributed by atoms with Crippen LogP contribution in [-0.2, 0) is 11.3 Å². The van der Waals surface area contributed by atoms with Crippen LogP contribution in [0.2, 0.25) is 0 Å². The van der Waals surface area contributed by atoms with Crippen LogP contribution in [0.15, 0.2) is 15.3 Å². The molecule has 0 spiro atoms. The molecule has 5 nitrogen and oxygen atoms in total. The Morgan fingerprint density at radius 3 is 2.92 bits per heavy atom. The number of carboxylic acid groups (broad SMARTS) is 1. The van der Waals surface area contributed by atoms with E-state index in [1.807, 2.05) is 0 Å². The minimum atomic E-state index is -1.09. The third kappa shape index (κ3) is 2.38. The van der Waals surface area contributed by atoms with E-state index >= 15 is 0 Å². The molecule has 6 heteroatoms. The van der Waals surface area contributed by atoms with Crippen LogP contribution >= 0.6 is 15.9 Å². The standard InChI is InChI=1S/C7H7BrN2O3/c1-4-2-5(8)7(13)10(9-4)3-6(11)12/h2H,3H2,1H3,(H,11,12). The monoisotopic (exact) mass is 246 g/mol. The van der Waals surface area contributed by atoms with E-state index in [4.69, 9.17) is 5.11 Å². The van der Waals surface area contributed by atoms with Gasteiger partial charge in [-0.25, -0.2) is 4.68 Å². The van der Waals surface area contributed by atoms with Gasteiger partial charge in [-0.05, 0) is 28.9 Å². The summed E-state index contributed by atoms with van der Waals surface area (Å²) in [6, 6.07) is 1.54. The fraction of sp³-hybridized carbons (Fsp3) is 0.286. The van der Waals surface area contributed by atoms with E-state index in [-0.39, 0.29) is 0 Å².